The first kappa shape index (κ1) is 10.7. The number of hydrogen-bond donors (Lipinski definition) is 1. The van der Waals surface area contributed by atoms with E-state index in [1.165, 1.54) is 0 Å². The molecular weight excluding hydrogens is 253 g/mol. The zero-order valence-electron chi connectivity index (χ0n) is 6.92. The van der Waals surface area contributed by atoms with Crippen molar-refractivity contribution in [1.29, 1.82) is 5.26 Å². The number of carbonyl (C=O) groups is 1. The van der Waals surface area contributed by atoms with Crippen molar-refractivity contribution >= 4 is 21.7 Å². The van der Waals surface area contributed by atoms with Crippen molar-refractivity contribution in [3.05, 3.63) is 29.1 Å². The van der Waals surface area contributed by atoms with Crippen LogP contribution in [-0.4, -0.2) is 16.2 Å². The number of nitrogens with zero attached hydrogens (tertiary/aromatic N) is 1. The Balaban J connectivity index is 3.41. The zero-order valence-corrected chi connectivity index (χ0v) is 8.51. The van der Waals surface area contributed by atoms with Gasteiger partial charge in [0, 0.05) is 11.6 Å². The van der Waals surface area contributed by atoms with Crippen LogP contribution in [0.2, 0.25) is 0 Å². The summed E-state index contributed by atoms with van der Waals surface area (Å²) in [7, 11) is 0. The smallest absolute Gasteiger partial charge is 0.174 e. The van der Waals surface area contributed by atoms with Crippen LogP contribution in [0.25, 0.3) is 0 Å². The molecule has 0 aliphatic heterocycles. The van der Waals surface area contributed by atoms with Gasteiger partial charge in [-0.05, 0) is 6.07 Å². The Kier molecular flexibility index (Phi) is 3.20. The molecule has 0 atom stereocenters. The maximum atomic E-state index is 12.8. The monoisotopic (exact) mass is 257 g/mol. The molecule has 0 bridgehead atoms. The number of halogens is 2. The molecule has 0 radical (unpaired) electrons. The fourth-order valence-electron chi connectivity index (χ4n) is 1.00. The number of phenolic OH excluding ortho intramolecular Hbond substituents is 1. The minimum absolute atomic E-state index is 0.0232. The third kappa shape index (κ3) is 1.91. The summed E-state index contributed by atoms with van der Waals surface area (Å²) in [4.78, 5) is 11.2. The topological polar surface area (TPSA) is 61.1 Å². The van der Waals surface area contributed by atoms with E-state index in [-0.39, 0.29) is 16.5 Å². The summed E-state index contributed by atoms with van der Waals surface area (Å²) in [6.45, 7) is 0. The van der Waals surface area contributed by atoms with Crippen LogP contribution in [0, 0.1) is 17.1 Å². The number of phenols is 1. The molecule has 0 aliphatic rings. The van der Waals surface area contributed by atoms with Crippen molar-refractivity contribution in [2.45, 2.75) is 0 Å². The minimum Gasteiger partial charge on any atom is -0.506 e. The third-order valence-corrected chi connectivity index (χ3v) is 2.13. The molecule has 0 spiro atoms. The molecule has 5 heteroatoms. The number of nitriles is 1. The summed E-state index contributed by atoms with van der Waals surface area (Å²) in [5.41, 5.74) is -0.308. The summed E-state index contributed by atoms with van der Waals surface area (Å²) in [6.07, 6.45) is 0. The molecule has 1 rings (SSSR count). The fourth-order valence-corrected chi connectivity index (χ4v) is 1.30. The lowest BCUT2D eigenvalue weighted by Gasteiger charge is -2.02. The van der Waals surface area contributed by atoms with E-state index in [2.05, 4.69) is 15.9 Å². The van der Waals surface area contributed by atoms with Gasteiger partial charge in [-0.1, -0.05) is 15.9 Å². The average Bonchev–Trinajstić information content (AvgIpc) is 2.15. The van der Waals surface area contributed by atoms with Crippen molar-refractivity contribution < 1.29 is 14.3 Å². The number of hydrogen-bond acceptors (Lipinski definition) is 3. The van der Waals surface area contributed by atoms with Gasteiger partial charge in [-0.3, -0.25) is 4.79 Å². The van der Waals surface area contributed by atoms with Gasteiger partial charge in [-0.2, -0.15) is 5.26 Å². The van der Waals surface area contributed by atoms with Crippen LogP contribution in [-0.2, 0) is 0 Å². The average molecular weight is 258 g/mol. The summed E-state index contributed by atoms with van der Waals surface area (Å²) in [5, 5.41) is 17.8. The maximum Gasteiger partial charge on any atom is 0.174 e. The Labute approximate surface area is 87.9 Å². The highest BCUT2D eigenvalue weighted by Crippen LogP contribution is 2.22. The zero-order chi connectivity index (χ0) is 10.7. The lowest BCUT2D eigenvalue weighted by Crippen LogP contribution is -2.04. The summed E-state index contributed by atoms with van der Waals surface area (Å²) in [5.74, 6) is -1.71. The Morgan fingerprint density at radius 1 is 1.64 bits per heavy atom. The molecular formula is C9H5BrFNO2. The van der Waals surface area contributed by atoms with Gasteiger partial charge in [0.1, 0.15) is 23.2 Å². The van der Waals surface area contributed by atoms with Crippen molar-refractivity contribution in [3.8, 4) is 11.8 Å². The molecule has 0 unspecified atom stereocenters. The van der Waals surface area contributed by atoms with Gasteiger partial charge in [-0.25, -0.2) is 4.39 Å². The van der Waals surface area contributed by atoms with Gasteiger partial charge in [-0.15, -0.1) is 0 Å². The number of benzene rings is 1. The van der Waals surface area contributed by atoms with E-state index in [0.29, 0.717) is 0 Å². The molecule has 0 saturated carbocycles. The number of carbonyl (C=O) groups excluding carboxylic acids is 1. The van der Waals surface area contributed by atoms with E-state index in [4.69, 9.17) is 5.26 Å². The summed E-state index contributed by atoms with van der Waals surface area (Å²) >= 11 is 2.90. The van der Waals surface area contributed by atoms with Gasteiger partial charge in [0.2, 0.25) is 0 Å². The molecule has 0 amide bonds. The standard InChI is InChI=1S/C9H5BrFNO2/c10-3-9(14)6-1-5(11)2-8(13)7(6)4-12/h1-2,13H,3H2. The maximum absolute atomic E-state index is 12.8. The van der Waals surface area contributed by atoms with Crippen molar-refractivity contribution in [1.82, 2.24) is 0 Å². The molecule has 72 valence electrons. The lowest BCUT2D eigenvalue weighted by atomic mass is 10.0. The van der Waals surface area contributed by atoms with Gasteiger partial charge in [0.15, 0.2) is 5.78 Å². The molecule has 1 N–H and O–H groups in total. The molecule has 1 aromatic rings. The highest BCUT2D eigenvalue weighted by atomic mass is 79.9. The van der Waals surface area contributed by atoms with E-state index >= 15 is 0 Å². The number of ketones is 1. The van der Waals surface area contributed by atoms with Crippen molar-refractivity contribution in [2.24, 2.45) is 0 Å². The first-order valence-electron chi connectivity index (χ1n) is 3.62. The molecule has 0 aliphatic carbocycles. The minimum atomic E-state index is -0.745. The van der Waals surface area contributed by atoms with Gasteiger partial charge in [0.05, 0.1) is 5.33 Å². The fraction of sp³-hybridized carbons (Fsp3) is 0.111. The number of aromatic hydroxyl groups is 1. The van der Waals surface area contributed by atoms with Crippen LogP contribution in [0.3, 0.4) is 0 Å². The SMILES string of the molecule is N#Cc1c(O)cc(F)cc1C(=O)CBr. The lowest BCUT2D eigenvalue weighted by molar-refractivity contribution is 0.102. The van der Waals surface area contributed by atoms with Crippen LogP contribution in [0.4, 0.5) is 4.39 Å². The second-order valence-corrected chi connectivity index (χ2v) is 3.08. The first-order valence-corrected chi connectivity index (χ1v) is 4.74. The molecule has 0 aromatic heterocycles. The van der Waals surface area contributed by atoms with Gasteiger partial charge >= 0.3 is 0 Å². The van der Waals surface area contributed by atoms with Crippen LogP contribution in [0.5, 0.6) is 5.75 Å². The van der Waals surface area contributed by atoms with Crippen molar-refractivity contribution in [2.75, 3.05) is 5.33 Å². The van der Waals surface area contributed by atoms with E-state index in [9.17, 15) is 14.3 Å². The largest absolute Gasteiger partial charge is 0.506 e. The van der Waals surface area contributed by atoms with Crippen LogP contribution in [0.15, 0.2) is 12.1 Å². The summed E-state index contributed by atoms with van der Waals surface area (Å²) in [6, 6.07) is 3.38. The molecule has 3 nitrogen and oxygen atoms in total. The van der Waals surface area contributed by atoms with Gasteiger partial charge < -0.3 is 5.11 Å². The second-order valence-electron chi connectivity index (χ2n) is 2.52. The Morgan fingerprint density at radius 3 is 2.79 bits per heavy atom. The number of Topliss-reactive ketones (excluding diaryl/α,β-unsaturated/α-hetero) is 1. The van der Waals surface area contributed by atoms with Crippen LogP contribution >= 0.6 is 15.9 Å². The highest BCUT2D eigenvalue weighted by molar-refractivity contribution is 9.09. The predicted octanol–water partition coefficient (Wildman–Crippen LogP) is 1.98. The number of alkyl halides is 1. The molecule has 0 heterocycles. The van der Waals surface area contributed by atoms with Crippen LogP contribution < -0.4 is 0 Å². The molecule has 0 saturated heterocycles. The van der Waals surface area contributed by atoms with E-state index in [1.54, 1.807) is 6.07 Å². The van der Waals surface area contributed by atoms with E-state index in [0.717, 1.165) is 12.1 Å². The Bertz CT molecular complexity index is 426. The number of rotatable bonds is 2. The second kappa shape index (κ2) is 4.20. The Morgan fingerprint density at radius 2 is 2.29 bits per heavy atom. The predicted molar refractivity (Wildman–Crippen MR) is 50.9 cm³/mol. The quantitative estimate of drug-likeness (QED) is 0.651. The third-order valence-electron chi connectivity index (χ3n) is 1.62. The van der Waals surface area contributed by atoms with Crippen LogP contribution in [0.1, 0.15) is 15.9 Å². The first-order chi connectivity index (χ1) is 6.60. The molecule has 1 aromatic carbocycles. The Hall–Kier alpha value is -1.41. The van der Waals surface area contributed by atoms with E-state index in [1.807, 2.05) is 0 Å². The highest BCUT2D eigenvalue weighted by Gasteiger charge is 2.15. The van der Waals surface area contributed by atoms with E-state index < -0.39 is 17.3 Å². The summed E-state index contributed by atoms with van der Waals surface area (Å²) < 4.78 is 12.8. The molecule has 14 heavy (non-hydrogen) atoms. The molecule has 0 fully saturated rings. The van der Waals surface area contributed by atoms with Gasteiger partial charge in [0.25, 0.3) is 0 Å². The normalized spacial score (nSPS) is 9.50. The van der Waals surface area contributed by atoms with Crippen molar-refractivity contribution in [3.63, 3.8) is 0 Å².